The van der Waals surface area contributed by atoms with E-state index >= 15 is 0 Å². The summed E-state index contributed by atoms with van der Waals surface area (Å²) in [5.74, 6) is -0.290. The second-order valence-corrected chi connectivity index (χ2v) is 3.72. The molecule has 0 saturated carbocycles. The second kappa shape index (κ2) is 4.71. The smallest absolute Gasteiger partial charge is 0.368 e. The topological polar surface area (TPSA) is 85.8 Å². The maximum Gasteiger partial charge on any atom is 0.406 e. The SMILES string of the molecule is CN(CC(F)(F)F)c1nc(N)nc(-n2cccn2)n1. The zero-order valence-electron chi connectivity index (χ0n) is 9.83. The maximum atomic E-state index is 12.3. The summed E-state index contributed by atoms with van der Waals surface area (Å²) in [5.41, 5.74) is 5.46. The Kier molecular flexibility index (Phi) is 3.23. The molecule has 2 aromatic heterocycles. The minimum Gasteiger partial charge on any atom is -0.368 e. The zero-order chi connectivity index (χ0) is 14.0. The third-order valence-corrected chi connectivity index (χ3v) is 2.10. The van der Waals surface area contributed by atoms with Gasteiger partial charge in [0.1, 0.15) is 6.54 Å². The van der Waals surface area contributed by atoms with Gasteiger partial charge in [-0.25, -0.2) is 4.68 Å². The molecule has 0 aliphatic heterocycles. The molecule has 0 unspecified atom stereocenters. The standard InChI is InChI=1S/C9H10F3N7/c1-18(5-9(10,11)12)7-15-6(13)16-8(17-7)19-4-2-3-14-19/h2-4H,5H2,1H3,(H2,13,15,16,17). The Morgan fingerprint density at radius 1 is 1.32 bits per heavy atom. The summed E-state index contributed by atoms with van der Waals surface area (Å²) in [4.78, 5) is 12.2. The van der Waals surface area contributed by atoms with E-state index in [0.717, 1.165) is 4.90 Å². The molecule has 2 rings (SSSR count). The second-order valence-electron chi connectivity index (χ2n) is 3.72. The lowest BCUT2D eigenvalue weighted by Crippen LogP contribution is -2.32. The van der Waals surface area contributed by atoms with E-state index < -0.39 is 12.7 Å². The first kappa shape index (κ1) is 13.1. The molecule has 2 heterocycles. The van der Waals surface area contributed by atoms with Crippen LogP contribution in [0.4, 0.5) is 25.1 Å². The highest BCUT2D eigenvalue weighted by Crippen LogP contribution is 2.19. The molecule has 0 aromatic carbocycles. The number of nitrogens with zero attached hydrogens (tertiary/aromatic N) is 6. The molecule has 7 nitrogen and oxygen atoms in total. The van der Waals surface area contributed by atoms with E-state index in [-0.39, 0.29) is 17.8 Å². The van der Waals surface area contributed by atoms with Crippen molar-refractivity contribution in [1.82, 2.24) is 24.7 Å². The maximum absolute atomic E-state index is 12.3. The largest absolute Gasteiger partial charge is 0.406 e. The summed E-state index contributed by atoms with van der Waals surface area (Å²) in [5, 5.41) is 3.87. The molecule has 2 N–H and O–H groups in total. The molecular weight excluding hydrogens is 263 g/mol. The van der Waals surface area contributed by atoms with Crippen LogP contribution in [0.15, 0.2) is 18.5 Å². The normalized spacial score (nSPS) is 11.6. The fraction of sp³-hybridized carbons (Fsp3) is 0.333. The van der Waals surface area contributed by atoms with Gasteiger partial charge in [0.15, 0.2) is 0 Å². The van der Waals surface area contributed by atoms with E-state index in [0.29, 0.717) is 0 Å². The first-order chi connectivity index (χ1) is 8.85. The molecule has 0 spiro atoms. The van der Waals surface area contributed by atoms with Gasteiger partial charge in [0, 0.05) is 19.4 Å². The van der Waals surface area contributed by atoms with Gasteiger partial charge in [0.05, 0.1) is 0 Å². The molecule has 0 atom stereocenters. The van der Waals surface area contributed by atoms with Gasteiger partial charge in [-0.1, -0.05) is 0 Å². The molecule has 19 heavy (non-hydrogen) atoms. The van der Waals surface area contributed by atoms with Crippen molar-refractivity contribution in [1.29, 1.82) is 0 Å². The van der Waals surface area contributed by atoms with Gasteiger partial charge >= 0.3 is 6.18 Å². The molecule has 0 bridgehead atoms. The number of alkyl halides is 3. The van der Waals surface area contributed by atoms with Crippen molar-refractivity contribution in [3.8, 4) is 5.95 Å². The van der Waals surface area contributed by atoms with Crippen LogP contribution in [0.3, 0.4) is 0 Å². The molecule has 0 fully saturated rings. The Hall–Kier alpha value is -2.39. The third-order valence-electron chi connectivity index (χ3n) is 2.10. The lowest BCUT2D eigenvalue weighted by molar-refractivity contribution is -0.119. The highest BCUT2D eigenvalue weighted by molar-refractivity contribution is 5.37. The van der Waals surface area contributed by atoms with Gasteiger partial charge in [0.25, 0.3) is 5.95 Å². The van der Waals surface area contributed by atoms with Crippen LogP contribution in [-0.4, -0.2) is 44.5 Å². The number of hydrogen-bond donors (Lipinski definition) is 1. The van der Waals surface area contributed by atoms with Crippen LogP contribution in [-0.2, 0) is 0 Å². The average Bonchev–Trinajstić information content (AvgIpc) is 2.79. The first-order valence-electron chi connectivity index (χ1n) is 5.14. The van der Waals surface area contributed by atoms with Crippen molar-refractivity contribution >= 4 is 11.9 Å². The van der Waals surface area contributed by atoms with Crippen LogP contribution < -0.4 is 10.6 Å². The number of rotatable bonds is 3. The molecule has 2 aromatic rings. The van der Waals surface area contributed by atoms with Crippen LogP contribution in [0.25, 0.3) is 5.95 Å². The Bertz CT molecular complexity index is 551. The van der Waals surface area contributed by atoms with Gasteiger partial charge in [-0.05, 0) is 6.07 Å². The highest BCUT2D eigenvalue weighted by Gasteiger charge is 2.30. The molecule has 0 saturated heterocycles. The minimum atomic E-state index is -4.36. The van der Waals surface area contributed by atoms with E-state index in [2.05, 4.69) is 20.1 Å². The molecular formula is C9H10F3N7. The number of aromatic nitrogens is 5. The van der Waals surface area contributed by atoms with Gasteiger partial charge < -0.3 is 10.6 Å². The molecule has 0 aliphatic rings. The molecule has 0 amide bonds. The summed E-state index contributed by atoms with van der Waals surface area (Å²) in [7, 11) is 1.22. The van der Waals surface area contributed by atoms with E-state index in [9.17, 15) is 13.2 Å². The Morgan fingerprint density at radius 3 is 2.63 bits per heavy atom. The molecule has 10 heteroatoms. The number of nitrogen functional groups attached to an aromatic ring is 1. The van der Waals surface area contributed by atoms with Crippen molar-refractivity contribution in [2.45, 2.75) is 6.18 Å². The van der Waals surface area contributed by atoms with E-state index in [1.165, 1.54) is 17.9 Å². The van der Waals surface area contributed by atoms with E-state index in [1.54, 1.807) is 12.3 Å². The van der Waals surface area contributed by atoms with Gasteiger partial charge in [-0.2, -0.15) is 33.2 Å². The first-order valence-corrected chi connectivity index (χ1v) is 5.14. The number of halogens is 3. The highest BCUT2D eigenvalue weighted by atomic mass is 19.4. The van der Waals surface area contributed by atoms with Gasteiger partial charge in [-0.15, -0.1) is 0 Å². The van der Waals surface area contributed by atoms with Crippen LogP contribution in [0.2, 0.25) is 0 Å². The van der Waals surface area contributed by atoms with Crippen LogP contribution in [0.1, 0.15) is 0 Å². The minimum absolute atomic E-state index is 0.0570. The van der Waals surface area contributed by atoms with Crippen molar-refractivity contribution < 1.29 is 13.2 Å². The van der Waals surface area contributed by atoms with Crippen molar-refractivity contribution in [3.63, 3.8) is 0 Å². The summed E-state index contributed by atoms with van der Waals surface area (Å²) in [6.45, 7) is -1.19. The average molecular weight is 273 g/mol. The zero-order valence-corrected chi connectivity index (χ0v) is 9.83. The van der Waals surface area contributed by atoms with E-state index in [1.807, 2.05) is 0 Å². The van der Waals surface area contributed by atoms with Crippen molar-refractivity contribution in [2.24, 2.45) is 0 Å². The van der Waals surface area contributed by atoms with Crippen molar-refractivity contribution in [3.05, 3.63) is 18.5 Å². The van der Waals surface area contributed by atoms with Crippen LogP contribution in [0.5, 0.6) is 0 Å². The Morgan fingerprint density at radius 2 is 2.05 bits per heavy atom. The molecule has 0 aliphatic carbocycles. The Balaban J connectivity index is 2.32. The van der Waals surface area contributed by atoms with Crippen LogP contribution in [0, 0.1) is 0 Å². The lowest BCUT2D eigenvalue weighted by atomic mass is 10.5. The molecule has 0 radical (unpaired) electrons. The molecule has 102 valence electrons. The number of hydrogen-bond acceptors (Lipinski definition) is 6. The fourth-order valence-electron chi connectivity index (χ4n) is 1.37. The third kappa shape index (κ3) is 3.30. The van der Waals surface area contributed by atoms with E-state index in [4.69, 9.17) is 5.73 Å². The Labute approximate surface area is 105 Å². The lowest BCUT2D eigenvalue weighted by Gasteiger charge is -2.19. The van der Waals surface area contributed by atoms with Crippen molar-refractivity contribution in [2.75, 3.05) is 24.2 Å². The van der Waals surface area contributed by atoms with Gasteiger partial charge in [-0.3, -0.25) is 0 Å². The summed E-state index contributed by atoms with van der Waals surface area (Å²) < 4.78 is 38.2. The number of anilines is 2. The quantitative estimate of drug-likeness (QED) is 0.883. The fourth-order valence-corrected chi connectivity index (χ4v) is 1.37. The summed E-state index contributed by atoms with van der Waals surface area (Å²) in [6, 6.07) is 1.62. The van der Waals surface area contributed by atoms with Gasteiger partial charge in [0.2, 0.25) is 11.9 Å². The predicted octanol–water partition coefficient (Wildman–Crippen LogP) is 0.638. The monoisotopic (exact) mass is 273 g/mol. The summed E-state index contributed by atoms with van der Waals surface area (Å²) in [6.07, 6.45) is -1.33. The number of nitrogens with two attached hydrogens (primary N) is 1. The predicted molar refractivity (Wildman–Crippen MR) is 60.7 cm³/mol. The summed E-state index contributed by atoms with van der Waals surface area (Å²) >= 11 is 0. The van der Waals surface area contributed by atoms with Crippen LogP contribution >= 0.6 is 0 Å².